The molecule has 2 N–H and O–H groups in total. The fraction of sp³-hybridized carbons (Fsp3) is 0.606. The van der Waals surface area contributed by atoms with Crippen molar-refractivity contribution < 1.29 is 14.8 Å². The first-order valence-corrected chi connectivity index (χ1v) is 15.7. The van der Waals surface area contributed by atoms with E-state index in [2.05, 4.69) is 63.8 Å². The third kappa shape index (κ3) is 6.32. The van der Waals surface area contributed by atoms with Gasteiger partial charge in [-0.3, -0.25) is 9.69 Å². The number of aliphatic carboxylic acids is 1. The van der Waals surface area contributed by atoms with Crippen molar-refractivity contribution in [2.24, 2.45) is 17.8 Å². The molecule has 40 heavy (non-hydrogen) atoms. The second kappa shape index (κ2) is 12.9. The third-order valence-corrected chi connectivity index (χ3v) is 10.1. The van der Waals surface area contributed by atoms with Crippen LogP contribution in [-0.2, 0) is 9.73 Å². The van der Waals surface area contributed by atoms with Crippen molar-refractivity contribution in [3.63, 3.8) is 0 Å². The summed E-state index contributed by atoms with van der Waals surface area (Å²) in [4.78, 5) is 23.2. The number of piperidine rings is 1. The molecule has 3 heterocycles. The maximum Gasteiger partial charge on any atom is 0.321 e. The van der Waals surface area contributed by atoms with Crippen molar-refractivity contribution in [3.8, 4) is 0 Å². The minimum atomic E-state index is -0.612. The Hall–Kier alpha value is -2.61. The summed E-state index contributed by atoms with van der Waals surface area (Å²) in [5.41, 5.74) is 6.56. The number of hydroxylamine groups is 1. The van der Waals surface area contributed by atoms with E-state index >= 15 is 0 Å². The number of benzene rings is 2. The fourth-order valence-corrected chi connectivity index (χ4v) is 7.91. The van der Waals surface area contributed by atoms with E-state index in [-0.39, 0.29) is 6.04 Å². The van der Waals surface area contributed by atoms with Gasteiger partial charge >= 0.3 is 5.97 Å². The van der Waals surface area contributed by atoms with E-state index in [0.29, 0.717) is 17.8 Å². The Balaban J connectivity index is 1.02. The zero-order chi connectivity index (χ0) is 27.3. The van der Waals surface area contributed by atoms with E-state index in [4.69, 9.17) is 4.94 Å². The lowest BCUT2D eigenvalue weighted by atomic mass is 9.83. The van der Waals surface area contributed by atoms with Crippen molar-refractivity contribution >= 4 is 17.3 Å². The van der Waals surface area contributed by atoms with E-state index in [0.717, 1.165) is 75.8 Å². The van der Waals surface area contributed by atoms with Crippen molar-refractivity contribution in [3.05, 3.63) is 60.2 Å². The van der Waals surface area contributed by atoms with Crippen molar-refractivity contribution in [2.75, 3.05) is 49.8 Å². The number of anilines is 2. The molecule has 0 bridgehead atoms. The first kappa shape index (κ1) is 27.6. The number of fused-ring (bicyclic) bond motifs is 1. The average Bonchev–Trinajstić information content (AvgIpc) is 3.59. The van der Waals surface area contributed by atoms with Crippen molar-refractivity contribution in [1.82, 2.24) is 9.80 Å². The molecule has 3 aliphatic heterocycles. The van der Waals surface area contributed by atoms with Gasteiger partial charge in [0.15, 0.2) is 0 Å². The Morgan fingerprint density at radius 2 is 1.70 bits per heavy atom. The highest BCUT2D eigenvalue weighted by Crippen LogP contribution is 2.39. The van der Waals surface area contributed by atoms with Crippen LogP contribution in [0.25, 0.3) is 0 Å². The molecule has 0 aromatic heterocycles. The number of nitrogens with zero attached hydrogens (tertiary/aromatic N) is 3. The summed E-state index contributed by atoms with van der Waals surface area (Å²) in [5.74, 6) is 1.34. The molecule has 2 saturated heterocycles. The summed E-state index contributed by atoms with van der Waals surface area (Å²) in [6.45, 7) is 6.06. The number of carboxylic acid groups (broad SMARTS) is 1. The van der Waals surface area contributed by atoms with Crippen LogP contribution in [0, 0.1) is 17.8 Å². The molecular formula is C33H46N4O3. The van der Waals surface area contributed by atoms with E-state index in [9.17, 15) is 9.90 Å². The van der Waals surface area contributed by atoms with E-state index in [1.165, 1.54) is 44.1 Å². The Labute approximate surface area is 239 Å². The van der Waals surface area contributed by atoms with Crippen LogP contribution in [0.4, 0.5) is 11.4 Å². The topological polar surface area (TPSA) is 68.3 Å². The number of rotatable bonds is 10. The molecule has 0 spiro atoms. The van der Waals surface area contributed by atoms with Gasteiger partial charge < -0.3 is 10.0 Å². The fourth-order valence-electron chi connectivity index (χ4n) is 7.91. The maximum atomic E-state index is 12.5. The predicted octanol–water partition coefficient (Wildman–Crippen LogP) is 6.01. The van der Waals surface area contributed by atoms with Gasteiger partial charge in [0.05, 0.1) is 11.4 Å². The van der Waals surface area contributed by atoms with Gasteiger partial charge in [0.2, 0.25) is 0 Å². The van der Waals surface area contributed by atoms with Crippen molar-refractivity contribution in [2.45, 2.75) is 69.7 Å². The predicted molar refractivity (Wildman–Crippen MR) is 159 cm³/mol. The van der Waals surface area contributed by atoms with Crippen LogP contribution < -0.4 is 10.5 Å². The molecule has 0 amide bonds. The normalized spacial score (nSPS) is 25.6. The van der Waals surface area contributed by atoms with Gasteiger partial charge in [-0.25, -0.2) is 10.5 Å². The largest absolute Gasteiger partial charge is 0.480 e. The van der Waals surface area contributed by atoms with E-state index in [1.807, 2.05) is 11.1 Å². The number of hydrogen-bond donors (Lipinski definition) is 2. The van der Waals surface area contributed by atoms with Crippen LogP contribution in [0.5, 0.6) is 0 Å². The third-order valence-electron chi connectivity index (χ3n) is 10.1. The molecule has 3 atom stereocenters. The highest BCUT2D eigenvalue weighted by molar-refractivity contribution is 5.74. The van der Waals surface area contributed by atoms with Gasteiger partial charge in [0.25, 0.3) is 0 Å². The first-order valence-electron chi connectivity index (χ1n) is 15.7. The van der Waals surface area contributed by atoms with Gasteiger partial charge in [-0.1, -0.05) is 61.7 Å². The lowest BCUT2D eigenvalue weighted by molar-refractivity contribution is -0.145. The van der Waals surface area contributed by atoms with Gasteiger partial charge in [-0.2, -0.15) is 4.94 Å². The smallest absolute Gasteiger partial charge is 0.321 e. The molecular weight excluding hydrogens is 500 g/mol. The number of carbonyl (C=O) groups is 1. The molecule has 4 aliphatic rings. The Morgan fingerprint density at radius 1 is 0.950 bits per heavy atom. The van der Waals surface area contributed by atoms with Gasteiger partial charge in [0.1, 0.15) is 6.04 Å². The summed E-state index contributed by atoms with van der Waals surface area (Å²) < 4.78 is 0. The summed E-state index contributed by atoms with van der Waals surface area (Å²) in [6, 6.07) is 18.8. The summed E-state index contributed by atoms with van der Waals surface area (Å²) in [6.07, 6.45) is 10.6. The molecule has 1 saturated carbocycles. The molecule has 6 rings (SSSR count). The number of hydrogen-bond acceptors (Lipinski definition) is 6. The SMILES string of the molecule is O=C(O)[C@@H](C1CCCCC1)N1C[C@H](CN2CCC(CCCN3ONc4ccccc43)CC2)[C@@H](c2ccccc2)C1. The first-order chi connectivity index (χ1) is 19.7. The molecule has 1 aliphatic carbocycles. The molecule has 0 radical (unpaired) electrons. The van der Waals surface area contributed by atoms with Crippen molar-refractivity contribution in [1.29, 1.82) is 0 Å². The van der Waals surface area contributed by atoms with Gasteiger partial charge in [-0.05, 0) is 87.1 Å². The summed E-state index contributed by atoms with van der Waals surface area (Å²) >= 11 is 0. The highest BCUT2D eigenvalue weighted by Gasteiger charge is 2.43. The number of nitrogens with one attached hydrogen (secondary N) is 1. The quantitative estimate of drug-likeness (QED) is 0.378. The second-order valence-electron chi connectivity index (χ2n) is 12.6. The Morgan fingerprint density at radius 3 is 2.48 bits per heavy atom. The maximum absolute atomic E-state index is 12.5. The average molecular weight is 547 g/mol. The highest BCUT2D eigenvalue weighted by atomic mass is 16.8. The van der Waals surface area contributed by atoms with E-state index < -0.39 is 5.97 Å². The molecule has 2 aromatic rings. The Kier molecular flexibility index (Phi) is 8.90. The molecule has 0 unspecified atom stereocenters. The minimum Gasteiger partial charge on any atom is -0.480 e. The standard InChI is InChI=1S/C33H46N4O3/c38-33(39)32(27-13-5-2-6-14-27)36-23-28(29(24-36)26-11-3-1-4-12-26)22-35-20-17-25(18-21-35)10-9-19-37-31-16-8-7-15-30(31)34-40-37/h1,3-4,7-8,11-12,15-16,25,27-29,32,34H,2,5-6,9-10,13-14,17-24H2,(H,38,39)/t28-,29+,32+/m0/s1. The van der Waals surface area contributed by atoms with Crippen LogP contribution >= 0.6 is 0 Å². The monoisotopic (exact) mass is 546 g/mol. The molecule has 2 aromatic carbocycles. The number of para-hydroxylation sites is 2. The van der Waals surface area contributed by atoms with Crippen LogP contribution in [0.15, 0.2) is 54.6 Å². The lowest BCUT2D eigenvalue weighted by Gasteiger charge is -2.35. The zero-order valence-corrected chi connectivity index (χ0v) is 23.8. The molecule has 3 fully saturated rings. The molecule has 7 heteroatoms. The van der Waals surface area contributed by atoms with Gasteiger partial charge in [-0.15, -0.1) is 0 Å². The molecule has 216 valence electrons. The molecule has 7 nitrogen and oxygen atoms in total. The van der Waals surface area contributed by atoms with Gasteiger partial charge in [0, 0.05) is 32.1 Å². The van der Waals surface area contributed by atoms with Crippen LogP contribution in [-0.4, -0.2) is 66.2 Å². The zero-order valence-electron chi connectivity index (χ0n) is 23.8. The minimum absolute atomic E-state index is 0.299. The Bertz CT molecular complexity index is 1100. The van der Waals surface area contributed by atoms with Crippen LogP contribution in [0.1, 0.15) is 69.3 Å². The second-order valence-corrected chi connectivity index (χ2v) is 12.6. The van der Waals surface area contributed by atoms with Crippen LogP contribution in [0.3, 0.4) is 0 Å². The van der Waals surface area contributed by atoms with Crippen LogP contribution in [0.2, 0.25) is 0 Å². The number of carboxylic acids is 1. The summed E-state index contributed by atoms with van der Waals surface area (Å²) in [7, 11) is 0. The summed E-state index contributed by atoms with van der Waals surface area (Å²) in [5, 5.41) is 12.3. The van der Waals surface area contributed by atoms with E-state index in [1.54, 1.807) is 0 Å². The lowest BCUT2D eigenvalue weighted by Crippen LogP contribution is -2.46. The number of likely N-dealkylation sites (tertiary alicyclic amines) is 2.